The molecule has 0 fully saturated rings. The highest BCUT2D eigenvalue weighted by atomic mass is 16.5. The Balaban J connectivity index is 1.94. The minimum absolute atomic E-state index is 0.375. The lowest BCUT2D eigenvalue weighted by molar-refractivity contribution is 0.406. The number of methoxy groups -OCH3 is 1. The molecule has 2 N–H and O–H groups in total. The Hall–Kier alpha value is -1.81. The Kier molecular flexibility index (Phi) is 4.79. The van der Waals surface area contributed by atoms with Crippen molar-refractivity contribution < 1.29 is 4.74 Å². The van der Waals surface area contributed by atoms with Gasteiger partial charge in [-0.15, -0.1) is 0 Å². The van der Waals surface area contributed by atoms with Gasteiger partial charge in [-0.3, -0.25) is 5.10 Å². The van der Waals surface area contributed by atoms with Crippen molar-refractivity contribution in [1.82, 2.24) is 15.5 Å². The van der Waals surface area contributed by atoms with E-state index in [2.05, 4.69) is 41.5 Å². The fourth-order valence-corrected chi connectivity index (χ4v) is 2.38. The third-order valence-electron chi connectivity index (χ3n) is 3.63. The minimum atomic E-state index is 0.375. The number of nitrogens with one attached hydrogen (secondary N) is 2. The molecule has 4 nitrogen and oxygen atoms in total. The van der Waals surface area contributed by atoms with Crippen LogP contribution in [-0.4, -0.2) is 23.3 Å². The summed E-state index contributed by atoms with van der Waals surface area (Å²) in [7, 11) is 1.72. The summed E-state index contributed by atoms with van der Waals surface area (Å²) in [5, 5.41) is 10.8. The molecule has 0 saturated heterocycles. The van der Waals surface area contributed by atoms with Crippen molar-refractivity contribution in [2.45, 2.75) is 39.8 Å². The summed E-state index contributed by atoms with van der Waals surface area (Å²) in [6.07, 6.45) is 0.944. The highest BCUT2D eigenvalue weighted by Crippen LogP contribution is 2.19. The maximum absolute atomic E-state index is 5.39. The zero-order valence-corrected chi connectivity index (χ0v) is 12.7. The molecule has 2 rings (SSSR count). The molecule has 0 amide bonds. The lowest BCUT2D eigenvalue weighted by Gasteiger charge is -2.16. The first-order valence-corrected chi connectivity index (χ1v) is 6.97. The van der Waals surface area contributed by atoms with Crippen LogP contribution in [0.25, 0.3) is 0 Å². The normalized spacial score (nSPS) is 12.4. The number of rotatable bonds is 6. The van der Waals surface area contributed by atoms with Gasteiger partial charge >= 0.3 is 0 Å². The van der Waals surface area contributed by atoms with E-state index in [1.807, 2.05) is 19.1 Å². The number of aromatic amines is 1. The van der Waals surface area contributed by atoms with Gasteiger partial charge in [-0.1, -0.05) is 18.2 Å². The van der Waals surface area contributed by atoms with E-state index < -0.39 is 0 Å². The van der Waals surface area contributed by atoms with Gasteiger partial charge in [0.1, 0.15) is 5.75 Å². The predicted molar refractivity (Wildman–Crippen MR) is 81.1 cm³/mol. The summed E-state index contributed by atoms with van der Waals surface area (Å²) < 4.78 is 5.39. The number of H-pyrrole nitrogens is 1. The van der Waals surface area contributed by atoms with Crippen LogP contribution in [0.1, 0.15) is 29.4 Å². The predicted octanol–water partition coefficient (Wildman–Crippen LogP) is 2.76. The Bertz CT molecular complexity index is 543. The van der Waals surface area contributed by atoms with Crippen molar-refractivity contribution in [3.63, 3.8) is 0 Å². The Labute approximate surface area is 120 Å². The van der Waals surface area contributed by atoms with E-state index in [0.29, 0.717) is 6.04 Å². The first kappa shape index (κ1) is 14.6. The number of nitrogens with zero attached hydrogens (tertiary/aromatic N) is 1. The number of ether oxygens (including phenoxy) is 1. The Morgan fingerprint density at radius 3 is 2.70 bits per heavy atom. The quantitative estimate of drug-likeness (QED) is 0.851. The van der Waals surface area contributed by atoms with Gasteiger partial charge in [-0.25, -0.2) is 0 Å². The van der Waals surface area contributed by atoms with Crippen LogP contribution < -0.4 is 10.1 Å². The largest absolute Gasteiger partial charge is 0.496 e. The standard InChI is InChI=1S/C16H23N3O/c1-11(9-14-7-5-6-8-16(14)20-4)17-10-15-12(2)18-19-13(15)3/h5-8,11,17H,9-10H2,1-4H3,(H,18,19). The van der Waals surface area contributed by atoms with Crippen molar-refractivity contribution in [2.75, 3.05) is 7.11 Å². The van der Waals surface area contributed by atoms with E-state index in [0.717, 1.165) is 30.1 Å². The minimum Gasteiger partial charge on any atom is -0.496 e. The van der Waals surface area contributed by atoms with E-state index >= 15 is 0 Å². The molecular formula is C16H23N3O. The monoisotopic (exact) mass is 273 g/mol. The van der Waals surface area contributed by atoms with Gasteiger partial charge in [0.05, 0.1) is 12.8 Å². The van der Waals surface area contributed by atoms with Crippen LogP contribution in [0.3, 0.4) is 0 Å². The number of benzene rings is 1. The molecule has 1 unspecified atom stereocenters. The van der Waals surface area contributed by atoms with E-state index in [1.165, 1.54) is 11.1 Å². The number of para-hydroxylation sites is 1. The molecule has 20 heavy (non-hydrogen) atoms. The first-order chi connectivity index (χ1) is 9.61. The Morgan fingerprint density at radius 2 is 2.05 bits per heavy atom. The molecular weight excluding hydrogens is 250 g/mol. The van der Waals surface area contributed by atoms with E-state index in [9.17, 15) is 0 Å². The molecule has 0 radical (unpaired) electrons. The second-order valence-corrected chi connectivity index (χ2v) is 5.21. The molecule has 1 aromatic carbocycles. The fraction of sp³-hybridized carbons (Fsp3) is 0.438. The Morgan fingerprint density at radius 1 is 1.30 bits per heavy atom. The highest BCUT2D eigenvalue weighted by molar-refractivity contribution is 5.33. The molecule has 1 aromatic heterocycles. The lowest BCUT2D eigenvalue weighted by atomic mass is 10.1. The van der Waals surface area contributed by atoms with Gasteiger partial charge in [0.15, 0.2) is 0 Å². The van der Waals surface area contributed by atoms with Gasteiger partial charge in [0, 0.05) is 23.8 Å². The van der Waals surface area contributed by atoms with Crippen LogP contribution in [0.15, 0.2) is 24.3 Å². The second kappa shape index (κ2) is 6.57. The van der Waals surface area contributed by atoms with E-state index in [-0.39, 0.29) is 0 Å². The van der Waals surface area contributed by atoms with Crippen LogP contribution >= 0.6 is 0 Å². The molecule has 1 heterocycles. The first-order valence-electron chi connectivity index (χ1n) is 6.97. The molecule has 0 aliphatic heterocycles. The van der Waals surface area contributed by atoms with Gasteiger partial charge in [-0.2, -0.15) is 5.10 Å². The topological polar surface area (TPSA) is 49.9 Å². The molecule has 0 aliphatic rings. The van der Waals surface area contributed by atoms with Gasteiger partial charge in [0.2, 0.25) is 0 Å². The molecule has 108 valence electrons. The second-order valence-electron chi connectivity index (χ2n) is 5.21. The lowest BCUT2D eigenvalue weighted by Crippen LogP contribution is -2.28. The summed E-state index contributed by atoms with van der Waals surface area (Å²) in [6, 6.07) is 8.55. The average molecular weight is 273 g/mol. The maximum atomic E-state index is 5.39. The smallest absolute Gasteiger partial charge is 0.122 e. The third-order valence-corrected chi connectivity index (χ3v) is 3.63. The van der Waals surface area contributed by atoms with Gasteiger partial charge in [0.25, 0.3) is 0 Å². The molecule has 1 atom stereocenters. The average Bonchev–Trinajstić information content (AvgIpc) is 2.76. The number of aromatic nitrogens is 2. The zero-order chi connectivity index (χ0) is 14.5. The molecule has 4 heteroatoms. The summed E-state index contributed by atoms with van der Waals surface area (Å²) in [6.45, 7) is 7.12. The molecule has 0 bridgehead atoms. The zero-order valence-electron chi connectivity index (χ0n) is 12.7. The maximum Gasteiger partial charge on any atom is 0.122 e. The van der Waals surface area contributed by atoms with Crippen LogP contribution in [0, 0.1) is 13.8 Å². The third kappa shape index (κ3) is 3.39. The number of hydrogen-bond donors (Lipinski definition) is 2. The molecule has 0 spiro atoms. The van der Waals surface area contributed by atoms with Crippen molar-refractivity contribution in [1.29, 1.82) is 0 Å². The number of hydrogen-bond acceptors (Lipinski definition) is 3. The van der Waals surface area contributed by atoms with Crippen LogP contribution in [0.4, 0.5) is 0 Å². The summed E-state index contributed by atoms with van der Waals surface area (Å²) in [5.74, 6) is 0.955. The van der Waals surface area contributed by atoms with Gasteiger partial charge < -0.3 is 10.1 Å². The molecule has 2 aromatic rings. The molecule has 0 saturated carbocycles. The molecule has 0 aliphatic carbocycles. The van der Waals surface area contributed by atoms with Crippen LogP contribution in [0.5, 0.6) is 5.75 Å². The van der Waals surface area contributed by atoms with E-state index in [1.54, 1.807) is 7.11 Å². The van der Waals surface area contributed by atoms with Crippen molar-refractivity contribution in [3.8, 4) is 5.75 Å². The van der Waals surface area contributed by atoms with E-state index in [4.69, 9.17) is 4.74 Å². The fourth-order valence-electron chi connectivity index (χ4n) is 2.38. The van der Waals surface area contributed by atoms with Crippen LogP contribution in [0.2, 0.25) is 0 Å². The van der Waals surface area contributed by atoms with Gasteiger partial charge in [-0.05, 0) is 38.8 Å². The highest BCUT2D eigenvalue weighted by Gasteiger charge is 2.10. The van der Waals surface area contributed by atoms with Crippen molar-refractivity contribution >= 4 is 0 Å². The number of aryl methyl sites for hydroxylation is 2. The SMILES string of the molecule is COc1ccccc1CC(C)NCc1c(C)n[nH]c1C. The summed E-state index contributed by atoms with van der Waals surface area (Å²) in [4.78, 5) is 0. The van der Waals surface area contributed by atoms with Crippen molar-refractivity contribution in [2.24, 2.45) is 0 Å². The summed E-state index contributed by atoms with van der Waals surface area (Å²) >= 11 is 0. The summed E-state index contributed by atoms with van der Waals surface area (Å²) in [5.41, 5.74) is 4.70. The van der Waals surface area contributed by atoms with Crippen LogP contribution in [-0.2, 0) is 13.0 Å². The van der Waals surface area contributed by atoms with Crippen molar-refractivity contribution in [3.05, 3.63) is 46.8 Å².